The molecule has 0 aliphatic carbocycles. The van der Waals surface area contributed by atoms with Gasteiger partial charge in [-0.3, -0.25) is 4.79 Å². The molecule has 1 unspecified atom stereocenters. The van der Waals surface area contributed by atoms with Crippen LogP contribution in [0.1, 0.15) is 52.4 Å². The highest BCUT2D eigenvalue weighted by Gasteiger charge is 2.40. The maximum atomic E-state index is 12.3. The van der Waals surface area contributed by atoms with E-state index in [4.69, 9.17) is 9.47 Å². The van der Waals surface area contributed by atoms with Crippen molar-refractivity contribution in [3.8, 4) is 0 Å². The van der Waals surface area contributed by atoms with Gasteiger partial charge in [-0.1, -0.05) is 44.2 Å². The Balaban J connectivity index is 2.11. The van der Waals surface area contributed by atoms with Crippen LogP contribution in [0.2, 0.25) is 0 Å². The monoisotopic (exact) mass is 374 g/mol. The quantitative estimate of drug-likeness (QED) is 0.714. The number of hydrogen-bond donors (Lipinski definition) is 1. The summed E-state index contributed by atoms with van der Waals surface area (Å²) >= 11 is 0. The molecule has 1 aromatic heterocycles. The van der Waals surface area contributed by atoms with Gasteiger partial charge < -0.3 is 19.1 Å². The van der Waals surface area contributed by atoms with Gasteiger partial charge in [-0.25, -0.2) is 4.98 Å². The van der Waals surface area contributed by atoms with Gasteiger partial charge in [0.15, 0.2) is 0 Å². The number of rotatable bonds is 8. The van der Waals surface area contributed by atoms with Crippen LogP contribution in [-0.4, -0.2) is 26.2 Å². The van der Waals surface area contributed by atoms with Gasteiger partial charge >= 0.3 is 5.97 Å². The van der Waals surface area contributed by atoms with Gasteiger partial charge in [0.05, 0.1) is 13.0 Å². The molecule has 6 nitrogen and oxygen atoms in total. The topological polar surface area (TPSA) is 73.6 Å². The van der Waals surface area contributed by atoms with Crippen molar-refractivity contribution in [2.45, 2.75) is 65.6 Å². The summed E-state index contributed by atoms with van der Waals surface area (Å²) in [5.41, 5.74) is -0.988. The van der Waals surface area contributed by atoms with Crippen molar-refractivity contribution >= 4 is 5.97 Å². The second-order valence-corrected chi connectivity index (χ2v) is 8.03. The van der Waals surface area contributed by atoms with Crippen LogP contribution in [0.25, 0.3) is 0 Å². The number of esters is 1. The molecular weight excluding hydrogens is 344 g/mol. The third kappa shape index (κ3) is 5.91. The van der Waals surface area contributed by atoms with Gasteiger partial charge in [0.25, 0.3) is 0 Å². The lowest BCUT2D eigenvalue weighted by atomic mass is 9.86. The molecular formula is C21H30N2O4. The van der Waals surface area contributed by atoms with Gasteiger partial charge in [0.1, 0.15) is 23.8 Å². The van der Waals surface area contributed by atoms with E-state index in [0.717, 1.165) is 5.56 Å². The zero-order valence-electron chi connectivity index (χ0n) is 16.8. The lowest BCUT2D eigenvalue weighted by Gasteiger charge is -2.32. The predicted molar refractivity (Wildman–Crippen MR) is 103 cm³/mol. The van der Waals surface area contributed by atoms with E-state index in [1.165, 1.54) is 0 Å². The molecule has 0 amide bonds. The first-order chi connectivity index (χ1) is 12.6. The number of nitrogens with zero attached hydrogens (tertiary/aromatic N) is 2. The largest absolute Gasteiger partial charge is 0.460 e. The average molecular weight is 374 g/mol. The second kappa shape index (κ2) is 8.67. The normalized spacial score (nSPS) is 14.2. The molecule has 27 heavy (non-hydrogen) atoms. The van der Waals surface area contributed by atoms with E-state index in [-0.39, 0.29) is 19.1 Å². The zero-order chi connectivity index (χ0) is 20.1. The average Bonchev–Trinajstić information content (AvgIpc) is 3.03. The zero-order valence-corrected chi connectivity index (χ0v) is 16.8. The Hall–Kier alpha value is -2.18. The molecule has 1 atom stereocenters. The summed E-state index contributed by atoms with van der Waals surface area (Å²) in [6, 6.07) is 9.85. The van der Waals surface area contributed by atoms with Crippen molar-refractivity contribution < 1.29 is 19.4 Å². The Morgan fingerprint density at radius 1 is 1.22 bits per heavy atom. The van der Waals surface area contributed by atoms with Crippen LogP contribution in [0.15, 0.2) is 42.7 Å². The first-order valence-corrected chi connectivity index (χ1v) is 9.19. The van der Waals surface area contributed by atoms with E-state index in [1.807, 2.05) is 44.2 Å². The molecule has 2 rings (SSSR count). The molecule has 0 bridgehead atoms. The van der Waals surface area contributed by atoms with Crippen molar-refractivity contribution in [2.24, 2.45) is 5.92 Å². The highest BCUT2D eigenvalue weighted by molar-refractivity contribution is 5.71. The number of hydrogen-bond acceptors (Lipinski definition) is 5. The fourth-order valence-corrected chi connectivity index (χ4v) is 2.77. The maximum Gasteiger partial charge on any atom is 0.309 e. The molecule has 6 heteroatoms. The van der Waals surface area contributed by atoms with Gasteiger partial charge in [-0.15, -0.1) is 0 Å². The minimum Gasteiger partial charge on any atom is -0.460 e. The molecule has 0 aliphatic heterocycles. The number of carbonyl (C=O) groups excluding carboxylic acids is 1. The van der Waals surface area contributed by atoms with Crippen molar-refractivity contribution in [1.29, 1.82) is 0 Å². The standard InChI is InChI=1S/C21H30N2O4/c1-16(2)21(25,13-18(24)27-20(3,4)5)19-22-11-12-23(19)15-26-14-17-9-7-6-8-10-17/h6-12,16,25H,13-15H2,1-5H3. The summed E-state index contributed by atoms with van der Waals surface area (Å²) in [4.78, 5) is 16.6. The number of aromatic nitrogens is 2. The number of ether oxygens (including phenoxy) is 2. The molecule has 0 fully saturated rings. The lowest BCUT2D eigenvalue weighted by Crippen LogP contribution is -2.39. The number of benzene rings is 1. The summed E-state index contributed by atoms with van der Waals surface area (Å²) in [5, 5.41) is 11.3. The fourth-order valence-electron chi connectivity index (χ4n) is 2.77. The summed E-state index contributed by atoms with van der Waals surface area (Å²) in [6.07, 6.45) is 3.17. The molecule has 0 spiro atoms. The molecule has 2 aromatic rings. The Kier molecular flexibility index (Phi) is 6.78. The van der Waals surface area contributed by atoms with Crippen molar-refractivity contribution in [3.63, 3.8) is 0 Å². The van der Waals surface area contributed by atoms with Gasteiger partial charge in [0, 0.05) is 12.4 Å². The van der Waals surface area contributed by atoms with Crippen molar-refractivity contribution in [1.82, 2.24) is 9.55 Å². The molecule has 0 saturated carbocycles. The molecule has 0 radical (unpaired) electrons. The Bertz CT molecular complexity index is 734. The minimum atomic E-state index is -1.44. The molecule has 0 saturated heterocycles. The van der Waals surface area contributed by atoms with Crippen LogP contribution in [0.3, 0.4) is 0 Å². The maximum absolute atomic E-state index is 12.3. The number of carbonyl (C=O) groups is 1. The Labute approximate surface area is 161 Å². The van der Waals surface area contributed by atoms with Crippen LogP contribution in [0.5, 0.6) is 0 Å². The van der Waals surface area contributed by atoms with E-state index in [1.54, 1.807) is 37.7 Å². The predicted octanol–water partition coefficient (Wildman–Crippen LogP) is 3.63. The van der Waals surface area contributed by atoms with Crippen LogP contribution >= 0.6 is 0 Å². The minimum absolute atomic E-state index is 0.169. The van der Waals surface area contributed by atoms with E-state index in [0.29, 0.717) is 12.4 Å². The molecule has 1 N–H and O–H groups in total. The number of aliphatic hydroxyl groups is 1. The van der Waals surface area contributed by atoms with Crippen LogP contribution in [-0.2, 0) is 33.2 Å². The van der Waals surface area contributed by atoms with E-state index in [9.17, 15) is 9.90 Å². The van der Waals surface area contributed by atoms with Gasteiger partial charge in [-0.05, 0) is 32.3 Å². The second-order valence-electron chi connectivity index (χ2n) is 8.03. The third-order valence-corrected chi connectivity index (χ3v) is 4.23. The lowest BCUT2D eigenvalue weighted by molar-refractivity contribution is -0.163. The SMILES string of the molecule is CC(C)C(O)(CC(=O)OC(C)(C)C)c1nccn1COCc1ccccc1. The molecule has 1 aromatic carbocycles. The summed E-state index contributed by atoms with van der Waals surface area (Å²) in [6.45, 7) is 9.80. The number of imidazole rings is 1. The van der Waals surface area contributed by atoms with E-state index in [2.05, 4.69) is 4.98 Å². The van der Waals surface area contributed by atoms with Crippen LogP contribution in [0.4, 0.5) is 0 Å². The highest BCUT2D eigenvalue weighted by Crippen LogP contribution is 2.33. The first kappa shape index (κ1) is 21.1. The van der Waals surface area contributed by atoms with Gasteiger partial charge in [-0.2, -0.15) is 0 Å². The molecule has 1 heterocycles. The summed E-state index contributed by atoms with van der Waals surface area (Å²) in [7, 11) is 0. The third-order valence-electron chi connectivity index (χ3n) is 4.23. The Morgan fingerprint density at radius 3 is 2.48 bits per heavy atom. The van der Waals surface area contributed by atoms with Crippen molar-refractivity contribution in [2.75, 3.05) is 0 Å². The smallest absolute Gasteiger partial charge is 0.309 e. The Morgan fingerprint density at radius 2 is 1.89 bits per heavy atom. The molecule has 148 valence electrons. The summed E-state index contributed by atoms with van der Waals surface area (Å²) < 4.78 is 12.9. The summed E-state index contributed by atoms with van der Waals surface area (Å²) in [5.74, 6) is -0.296. The first-order valence-electron chi connectivity index (χ1n) is 9.19. The van der Waals surface area contributed by atoms with E-state index >= 15 is 0 Å². The van der Waals surface area contributed by atoms with Crippen molar-refractivity contribution in [3.05, 3.63) is 54.1 Å². The van der Waals surface area contributed by atoms with Crippen LogP contribution < -0.4 is 0 Å². The van der Waals surface area contributed by atoms with Crippen LogP contribution in [0, 0.1) is 5.92 Å². The van der Waals surface area contributed by atoms with Gasteiger partial charge in [0.2, 0.25) is 0 Å². The fraction of sp³-hybridized carbons (Fsp3) is 0.524. The van der Waals surface area contributed by atoms with E-state index < -0.39 is 17.2 Å². The molecule has 0 aliphatic rings. The highest BCUT2D eigenvalue weighted by atomic mass is 16.6.